The molecule has 11 heteroatoms. The van der Waals surface area contributed by atoms with Gasteiger partial charge in [-0.3, -0.25) is 9.59 Å². The number of pyridine rings is 1. The van der Waals surface area contributed by atoms with Crippen LogP contribution in [0.5, 0.6) is 5.88 Å². The van der Waals surface area contributed by atoms with E-state index in [1.165, 1.54) is 24.4 Å². The van der Waals surface area contributed by atoms with Gasteiger partial charge in [0.15, 0.2) is 0 Å². The van der Waals surface area contributed by atoms with E-state index in [0.717, 1.165) is 48.0 Å². The van der Waals surface area contributed by atoms with Crippen LogP contribution >= 0.6 is 11.3 Å². The number of anilines is 1. The fourth-order valence-corrected chi connectivity index (χ4v) is 6.63. The summed E-state index contributed by atoms with van der Waals surface area (Å²) < 4.78 is 6.09. The highest BCUT2D eigenvalue weighted by molar-refractivity contribution is 7.18. The van der Waals surface area contributed by atoms with Gasteiger partial charge in [-0.1, -0.05) is 13.0 Å². The molecule has 3 heterocycles. The third-order valence-electron chi connectivity index (χ3n) is 7.53. The molecule has 2 atom stereocenters. The van der Waals surface area contributed by atoms with Crippen LogP contribution in [-0.2, 0) is 15.0 Å². The van der Waals surface area contributed by atoms with Gasteiger partial charge in [-0.2, -0.15) is 0 Å². The number of nitrogens with zero attached hydrogens (tertiary/aromatic N) is 4. The van der Waals surface area contributed by atoms with Crippen molar-refractivity contribution in [2.24, 2.45) is 5.92 Å². The fraction of sp³-hybridized carbons (Fsp3) is 0.464. The lowest BCUT2D eigenvalue weighted by Crippen LogP contribution is -2.46. The lowest BCUT2D eigenvalue weighted by atomic mass is 9.89. The van der Waals surface area contributed by atoms with E-state index in [4.69, 9.17) is 9.72 Å². The number of carbonyl (C=O) groups is 3. The maximum Gasteiger partial charge on any atom is 0.341 e. The lowest BCUT2D eigenvalue weighted by molar-refractivity contribution is -0.146. The summed E-state index contributed by atoms with van der Waals surface area (Å²) in [5, 5.41) is 13.1. The van der Waals surface area contributed by atoms with Gasteiger partial charge in [-0.05, 0) is 69.5 Å². The first-order valence-corrected chi connectivity index (χ1v) is 13.9. The normalized spacial score (nSPS) is 20.2. The number of piperidine rings is 1. The number of thiazole rings is 1. The van der Waals surface area contributed by atoms with Gasteiger partial charge in [0, 0.05) is 18.5 Å². The number of ether oxygens (including phenoxy) is 1. The van der Waals surface area contributed by atoms with Crippen molar-refractivity contribution >= 4 is 45.0 Å². The Kier molecular flexibility index (Phi) is 7.30. The second-order valence-corrected chi connectivity index (χ2v) is 12.0. The molecule has 1 aromatic carbocycles. The highest BCUT2D eigenvalue weighted by Gasteiger charge is 2.47. The largest absolute Gasteiger partial charge is 0.480 e. The number of benzene rings is 1. The number of likely N-dealkylation sites (N-methyl/N-ethyl adjacent to an activating group) is 1. The number of rotatable bonds is 7. The van der Waals surface area contributed by atoms with Crippen molar-refractivity contribution in [1.82, 2.24) is 19.8 Å². The molecule has 3 aromatic rings. The average Bonchev–Trinajstić information content (AvgIpc) is 3.54. The number of likely N-dealkylation sites (tertiary alicyclic amines) is 1. The number of methoxy groups -OCH3 is 1. The average molecular weight is 552 g/mol. The number of hydrogen-bond donors (Lipinski definition) is 2. The fourth-order valence-electron chi connectivity index (χ4n) is 5.45. The molecule has 0 spiro atoms. The van der Waals surface area contributed by atoms with E-state index < -0.39 is 17.8 Å². The third kappa shape index (κ3) is 5.46. The molecular formula is C28H33N5O5S. The van der Waals surface area contributed by atoms with Gasteiger partial charge in [0.05, 0.1) is 35.3 Å². The quantitative estimate of drug-likeness (QED) is 0.423. The van der Waals surface area contributed by atoms with Crippen molar-refractivity contribution in [2.45, 2.75) is 44.1 Å². The molecule has 0 unspecified atom stereocenters. The number of carbonyl (C=O) groups excluding carboxylic acids is 2. The maximum absolute atomic E-state index is 13.4. The number of carboxylic acid groups (broad SMARTS) is 1. The number of fused-ring (bicyclic) bond motifs is 1. The Bertz CT molecular complexity index is 1430. The molecule has 1 aliphatic carbocycles. The van der Waals surface area contributed by atoms with Crippen molar-refractivity contribution in [3.63, 3.8) is 0 Å². The van der Waals surface area contributed by atoms with Crippen LogP contribution in [0.3, 0.4) is 0 Å². The highest BCUT2D eigenvalue weighted by Crippen LogP contribution is 2.50. The summed E-state index contributed by atoms with van der Waals surface area (Å²) in [7, 11) is 5.49. The summed E-state index contributed by atoms with van der Waals surface area (Å²) in [5.41, 5.74) is 1.94. The number of aromatic carboxylic acids is 1. The number of amides is 2. The van der Waals surface area contributed by atoms with E-state index in [0.29, 0.717) is 6.54 Å². The molecule has 2 N–H and O–H groups in total. The summed E-state index contributed by atoms with van der Waals surface area (Å²) in [5.74, 6) is -2.59. The summed E-state index contributed by atoms with van der Waals surface area (Å²) in [6.07, 6.45) is 5.23. The molecule has 39 heavy (non-hydrogen) atoms. The van der Waals surface area contributed by atoms with Gasteiger partial charge in [-0.25, -0.2) is 14.8 Å². The predicted octanol–water partition coefficient (Wildman–Crippen LogP) is 3.93. The topological polar surface area (TPSA) is 125 Å². The minimum atomic E-state index is -1.25. The number of aromatic nitrogens is 2. The number of hydrogen-bond acceptors (Lipinski definition) is 8. The van der Waals surface area contributed by atoms with Crippen molar-refractivity contribution in [3.8, 4) is 5.88 Å². The summed E-state index contributed by atoms with van der Waals surface area (Å²) in [4.78, 5) is 50.8. The van der Waals surface area contributed by atoms with Crippen LogP contribution in [0.4, 0.5) is 5.69 Å². The van der Waals surface area contributed by atoms with E-state index >= 15 is 0 Å². The van der Waals surface area contributed by atoms with Crippen molar-refractivity contribution in [3.05, 3.63) is 46.6 Å². The van der Waals surface area contributed by atoms with E-state index in [1.54, 1.807) is 16.2 Å². The molecule has 1 saturated heterocycles. The van der Waals surface area contributed by atoms with Gasteiger partial charge in [0.25, 0.3) is 0 Å². The van der Waals surface area contributed by atoms with E-state index in [9.17, 15) is 19.5 Å². The first-order valence-electron chi connectivity index (χ1n) is 13.0. The Morgan fingerprint density at radius 1 is 1.23 bits per heavy atom. The van der Waals surface area contributed by atoms with Crippen LogP contribution in [0.1, 0.15) is 59.6 Å². The Morgan fingerprint density at radius 2 is 2.00 bits per heavy atom. The molecule has 5 rings (SSSR count). The second kappa shape index (κ2) is 10.5. The number of carboxylic acids is 1. The molecule has 10 nitrogen and oxygen atoms in total. The Morgan fingerprint density at radius 3 is 2.67 bits per heavy atom. The molecule has 2 amide bonds. The monoisotopic (exact) mass is 551 g/mol. The van der Waals surface area contributed by atoms with Gasteiger partial charge >= 0.3 is 17.8 Å². The molecule has 0 radical (unpaired) electrons. The summed E-state index contributed by atoms with van der Waals surface area (Å²) >= 11 is 1.74. The van der Waals surface area contributed by atoms with Gasteiger partial charge < -0.3 is 25.0 Å². The van der Waals surface area contributed by atoms with E-state index in [1.807, 2.05) is 6.07 Å². The van der Waals surface area contributed by atoms with Gasteiger partial charge in [0.1, 0.15) is 10.6 Å². The van der Waals surface area contributed by atoms with Crippen LogP contribution in [0.15, 0.2) is 30.5 Å². The Balaban J connectivity index is 1.38. The summed E-state index contributed by atoms with van der Waals surface area (Å²) in [6, 6.07) is 7.16. The predicted molar refractivity (Wildman–Crippen MR) is 148 cm³/mol. The highest BCUT2D eigenvalue weighted by atomic mass is 32.1. The van der Waals surface area contributed by atoms with Crippen molar-refractivity contribution < 1.29 is 24.2 Å². The zero-order chi connectivity index (χ0) is 27.9. The van der Waals surface area contributed by atoms with Crippen molar-refractivity contribution in [1.29, 1.82) is 0 Å². The lowest BCUT2D eigenvalue weighted by Gasteiger charge is -2.38. The standard InChI is InChI=1S/C28H33N5O5S/c1-16-5-7-21(17-6-8-22-20(11-17)31-27(39-22)28(9-10-28)15-32(2)3)33(14-16)25(35)23(34)30-18-12-19(26(36)37)24(38-4)29-13-18/h6,8,11-13,16,21H,5,7,9-10,14-15H2,1-4H3,(H,30,34)(H,36,37)/t16-,21+/m0/s1. The Hall–Kier alpha value is -3.57. The minimum Gasteiger partial charge on any atom is -0.480 e. The molecular weight excluding hydrogens is 518 g/mol. The zero-order valence-corrected chi connectivity index (χ0v) is 23.4. The van der Waals surface area contributed by atoms with E-state index in [2.05, 4.69) is 48.4 Å². The molecule has 0 bridgehead atoms. The van der Waals surface area contributed by atoms with Crippen LogP contribution < -0.4 is 10.1 Å². The Labute approximate surface area is 231 Å². The first-order chi connectivity index (χ1) is 18.6. The minimum absolute atomic E-state index is 0.0772. The van der Waals surface area contributed by atoms with Gasteiger partial charge in [0.2, 0.25) is 5.88 Å². The maximum atomic E-state index is 13.4. The molecule has 2 fully saturated rings. The smallest absolute Gasteiger partial charge is 0.341 e. The van der Waals surface area contributed by atoms with Crippen LogP contribution in [-0.4, -0.2) is 77.0 Å². The molecule has 1 aliphatic heterocycles. The van der Waals surface area contributed by atoms with Crippen LogP contribution in [0, 0.1) is 5.92 Å². The van der Waals surface area contributed by atoms with E-state index in [-0.39, 0.29) is 34.5 Å². The molecule has 1 saturated carbocycles. The zero-order valence-electron chi connectivity index (χ0n) is 22.6. The number of nitrogens with one attached hydrogen (secondary N) is 1. The molecule has 2 aliphatic rings. The summed E-state index contributed by atoms with van der Waals surface area (Å²) in [6.45, 7) is 3.50. The van der Waals surface area contributed by atoms with Crippen molar-refractivity contribution in [2.75, 3.05) is 39.6 Å². The molecule has 206 valence electrons. The SMILES string of the molecule is COc1ncc(NC(=O)C(=O)N2C[C@@H](C)CC[C@@H]2c2ccc3sc(C4(CN(C)C)CC4)nc3c2)cc1C(=O)O. The van der Waals surface area contributed by atoms with Crippen LogP contribution in [0.25, 0.3) is 10.2 Å². The van der Waals surface area contributed by atoms with Gasteiger partial charge in [-0.15, -0.1) is 11.3 Å². The second-order valence-electron chi connectivity index (χ2n) is 11.0. The first kappa shape index (κ1) is 27.0. The van der Waals surface area contributed by atoms with Crippen LogP contribution in [0.2, 0.25) is 0 Å². The molecule has 2 aromatic heterocycles. The third-order valence-corrected chi connectivity index (χ3v) is 8.81.